The molecule has 5 heteroatoms. The highest BCUT2D eigenvalue weighted by atomic mass is 16.5. The third-order valence-electron chi connectivity index (χ3n) is 3.05. The van der Waals surface area contributed by atoms with Crippen molar-refractivity contribution < 1.29 is 14.3 Å². The molecule has 0 bridgehead atoms. The van der Waals surface area contributed by atoms with E-state index in [2.05, 4.69) is 0 Å². The number of nitrogens with zero attached hydrogens (tertiary/aromatic N) is 2. The van der Waals surface area contributed by atoms with Gasteiger partial charge in [0.05, 0.1) is 19.8 Å². The van der Waals surface area contributed by atoms with Crippen molar-refractivity contribution in [1.29, 1.82) is 0 Å². The minimum Gasteiger partial charge on any atom is -0.379 e. The Hall–Kier alpha value is -1.98. The summed E-state index contributed by atoms with van der Waals surface area (Å²) in [7, 11) is 0. The first kappa shape index (κ1) is 14.4. The van der Waals surface area contributed by atoms with Crippen LogP contribution >= 0.6 is 0 Å². The Labute approximate surface area is 118 Å². The lowest BCUT2D eigenvalue weighted by Crippen LogP contribution is -2.51. The smallest absolute Gasteiger partial charge is 0.261 e. The van der Waals surface area contributed by atoms with E-state index in [-0.39, 0.29) is 12.5 Å². The van der Waals surface area contributed by atoms with Gasteiger partial charge >= 0.3 is 0 Å². The maximum atomic E-state index is 12.2. The Kier molecular flexibility index (Phi) is 5.46. The molecular weight excluding hydrogens is 256 g/mol. The number of morpholine rings is 1. The van der Waals surface area contributed by atoms with Crippen molar-refractivity contribution >= 4 is 18.3 Å². The maximum Gasteiger partial charge on any atom is 0.261 e. The monoisotopic (exact) mass is 274 g/mol. The summed E-state index contributed by atoms with van der Waals surface area (Å²) < 4.78 is 5.25. The van der Waals surface area contributed by atoms with Gasteiger partial charge in [0.1, 0.15) is 6.29 Å². The van der Waals surface area contributed by atoms with Crippen molar-refractivity contribution in [1.82, 2.24) is 10.0 Å². The van der Waals surface area contributed by atoms with Gasteiger partial charge in [-0.3, -0.25) is 9.80 Å². The summed E-state index contributed by atoms with van der Waals surface area (Å²) in [5.74, 6) is -0.192. The van der Waals surface area contributed by atoms with E-state index >= 15 is 0 Å². The first-order valence-corrected chi connectivity index (χ1v) is 6.62. The summed E-state index contributed by atoms with van der Waals surface area (Å²) in [5.41, 5.74) is 0.953. The van der Waals surface area contributed by atoms with Gasteiger partial charge in [-0.1, -0.05) is 30.3 Å². The van der Waals surface area contributed by atoms with E-state index in [1.807, 2.05) is 35.3 Å². The molecule has 0 N–H and O–H groups in total. The molecule has 1 aliphatic rings. The molecule has 1 aliphatic heterocycles. The molecule has 1 aromatic rings. The van der Waals surface area contributed by atoms with Gasteiger partial charge in [-0.2, -0.15) is 0 Å². The van der Waals surface area contributed by atoms with Gasteiger partial charge in [0.15, 0.2) is 0 Å². The van der Waals surface area contributed by atoms with Crippen LogP contribution in [-0.4, -0.2) is 55.1 Å². The van der Waals surface area contributed by atoms with Crippen LogP contribution in [0.4, 0.5) is 0 Å². The molecule has 0 aromatic heterocycles. The van der Waals surface area contributed by atoms with Crippen LogP contribution in [0.5, 0.6) is 0 Å². The highest BCUT2D eigenvalue weighted by molar-refractivity contribution is 5.92. The van der Waals surface area contributed by atoms with E-state index in [1.54, 1.807) is 6.08 Å². The average Bonchev–Trinajstić information content (AvgIpc) is 2.52. The van der Waals surface area contributed by atoms with Gasteiger partial charge in [0, 0.05) is 19.2 Å². The van der Waals surface area contributed by atoms with Gasteiger partial charge < -0.3 is 9.53 Å². The first-order valence-electron chi connectivity index (χ1n) is 6.62. The number of ether oxygens (including phenoxy) is 1. The number of hydrogen-bond donors (Lipinski definition) is 0. The molecule has 1 fully saturated rings. The van der Waals surface area contributed by atoms with E-state index in [0.29, 0.717) is 26.3 Å². The molecule has 0 unspecified atom stereocenters. The number of carbonyl (C=O) groups is 2. The predicted octanol–water partition coefficient (Wildman–Crippen LogP) is 0.975. The third kappa shape index (κ3) is 4.01. The summed E-state index contributed by atoms with van der Waals surface area (Å²) in [6.07, 6.45) is 3.98. The Morgan fingerprint density at radius 3 is 2.60 bits per heavy atom. The van der Waals surface area contributed by atoms with Crippen LogP contribution in [0.15, 0.2) is 36.4 Å². The molecule has 20 heavy (non-hydrogen) atoms. The molecule has 106 valence electrons. The quantitative estimate of drug-likeness (QED) is 0.593. The normalized spacial score (nSPS) is 16.2. The standard InChI is InChI=1S/C15H18N2O3/c18-11-8-17(16-9-12-20-13-10-16)15(19)7-6-14-4-2-1-3-5-14/h1-7,11H,8-10,12-13H2. The molecule has 0 spiro atoms. The summed E-state index contributed by atoms with van der Waals surface area (Å²) in [4.78, 5) is 23.0. The number of hydrogen-bond acceptors (Lipinski definition) is 4. The van der Waals surface area contributed by atoms with Crippen molar-refractivity contribution in [2.75, 3.05) is 32.8 Å². The van der Waals surface area contributed by atoms with Crippen molar-refractivity contribution in [3.8, 4) is 0 Å². The van der Waals surface area contributed by atoms with Gasteiger partial charge in [0.2, 0.25) is 0 Å². The van der Waals surface area contributed by atoms with E-state index in [9.17, 15) is 9.59 Å². The topological polar surface area (TPSA) is 49.9 Å². The minimum atomic E-state index is -0.192. The second-order valence-electron chi connectivity index (χ2n) is 4.40. The molecular formula is C15H18N2O3. The van der Waals surface area contributed by atoms with E-state index in [0.717, 1.165) is 11.8 Å². The number of carbonyl (C=O) groups excluding carboxylic acids is 2. The van der Waals surface area contributed by atoms with Crippen LogP contribution < -0.4 is 0 Å². The lowest BCUT2D eigenvalue weighted by atomic mass is 10.2. The summed E-state index contributed by atoms with van der Waals surface area (Å²) >= 11 is 0. The summed E-state index contributed by atoms with van der Waals surface area (Å²) in [6.45, 7) is 2.46. The van der Waals surface area contributed by atoms with Gasteiger partial charge in [-0.15, -0.1) is 0 Å². The zero-order valence-electron chi connectivity index (χ0n) is 11.3. The first-order chi connectivity index (χ1) is 9.81. The predicted molar refractivity (Wildman–Crippen MR) is 75.6 cm³/mol. The van der Waals surface area contributed by atoms with Crippen molar-refractivity contribution in [3.63, 3.8) is 0 Å². The van der Waals surface area contributed by atoms with Crippen LogP contribution in [0.1, 0.15) is 5.56 Å². The van der Waals surface area contributed by atoms with E-state index < -0.39 is 0 Å². The number of aldehydes is 1. The fourth-order valence-corrected chi connectivity index (χ4v) is 2.03. The zero-order chi connectivity index (χ0) is 14.2. The van der Waals surface area contributed by atoms with Gasteiger partial charge in [0.25, 0.3) is 5.91 Å². The van der Waals surface area contributed by atoms with Crippen LogP contribution in [0.3, 0.4) is 0 Å². The third-order valence-corrected chi connectivity index (χ3v) is 3.05. The van der Waals surface area contributed by atoms with Crippen LogP contribution in [-0.2, 0) is 14.3 Å². The Bertz CT molecular complexity index is 467. The van der Waals surface area contributed by atoms with Gasteiger partial charge in [-0.25, -0.2) is 5.01 Å². The van der Waals surface area contributed by atoms with Crippen LogP contribution in [0.2, 0.25) is 0 Å². The largest absolute Gasteiger partial charge is 0.379 e. The number of benzene rings is 1. The Morgan fingerprint density at radius 2 is 1.95 bits per heavy atom. The zero-order valence-corrected chi connectivity index (χ0v) is 11.3. The Morgan fingerprint density at radius 1 is 1.25 bits per heavy atom. The van der Waals surface area contributed by atoms with Gasteiger partial charge in [-0.05, 0) is 11.6 Å². The average molecular weight is 274 g/mol. The fraction of sp³-hybridized carbons (Fsp3) is 0.333. The molecule has 1 aromatic carbocycles. The number of amides is 1. The molecule has 2 rings (SSSR count). The Balaban J connectivity index is 2.02. The number of rotatable bonds is 5. The number of hydrazine groups is 1. The molecule has 0 atom stereocenters. The molecule has 0 radical (unpaired) electrons. The van der Waals surface area contributed by atoms with Crippen molar-refractivity contribution in [2.24, 2.45) is 0 Å². The second-order valence-corrected chi connectivity index (χ2v) is 4.40. The van der Waals surface area contributed by atoms with E-state index in [1.165, 1.54) is 11.1 Å². The summed E-state index contributed by atoms with van der Waals surface area (Å²) in [6, 6.07) is 9.58. The van der Waals surface area contributed by atoms with Crippen molar-refractivity contribution in [2.45, 2.75) is 0 Å². The SMILES string of the molecule is O=CCN(C(=O)C=Cc1ccccc1)N1CCOCC1. The minimum absolute atomic E-state index is 0.0674. The van der Waals surface area contributed by atoms with Crippen molar-refractivity contribution in [3.05, 3.63) is 42.0 Å². The van der Waals surface area contributed by atoms with E-state index in [4.69, 9.17) is 4.74 Å². The maximum absolute atomic E-state index is 12.2. The molecule has 0 saturated carbocycles. The van der Waals surface area contributed by atoms with Crippen LogP contribution in [0.25, 0.3) is 6.08 Å². The molecule has 0 aliphatic carbocycles. The lowest BCUT2D eigenvalue weighted by molar-refractivity contribution is -0.153. The molecule has 1 heterocycles. The molecule has 1 saturated heterocycles. The lowest BCUT2D eigenvalue weighted by Gasteiger charge is -2.35. The molecule has 1 amide bonds. The highest BCUT2D eigenvalue weighted by Gasteiger charge is 2.21. The van der Waals surface area contributed by atoms with Crippen LogP contribution in [0, 0.1) is 0 Å². The second kappa shape index (κ2) is 7.57. The highest BCUT2D eigenvalue weighted by Crippen LogP contribution is 2.06. The molecule has 5 nitrogen and oxygen atoms in total. The fourth-order valence-electron chi connectivity index (χ4n) is 2.03. The summed E-state index contributed by atoms with van der Waals surface area (Å²) in [5, 5.41) is 3.32.